The second-order valence-corrected chi connectivity index (χ2v) is 5.97. The summed E-state index contributed by atoms with van der Waals surface area (Å²) in [6.07, 6.45) is 1.84. The number of rotatable bonds is 3. The van der Waals surface area contributed by atoms with E-state index < -0.39 is 0 Å². The first-order valence-corrected chi connectivity index (χ1v) is 8.25. The van der Waals surface area contributed by atoms with Crippen molar-refractivity contribution in [3.05, 3.63) is 79.1 Å². The summed E-state index contributed by atoms with van der Waals surface area (Å²) in [6.45, 7) is 0. The third kappa shape index (κ3) is 2.44. The van der Waals surface area contributed by atoms with E-state index in [1.807, 2.05) is 42.7 Å². The van der Waals surface area contributed by atoms with Gasteiger partial charge in [-0.3, -0.25) is 4.57 Å². The maximum absolute atomic E-state index is 4.52. The fourth-order valence-corrected chi connectivity index (χ4v) is 3.10. The largest absolute Gasteiger partial charge is 0.299 e. The van der Waals surface area contributed by atoms with Crippen LogP contribution in [0.3, 0.4) is 0 Å². The van der Waals surface area contributed by atoms with Crippen LogP contribution in [-0.4, -0.2) is 30.2 Å². The van der Waals surface area contributed by atoms with Gasteiger partial charge in [-0.2, -0.15) is 5.21 Å². The van der Waals surface area contributed by atoms with Gasteiger partial charge in [0.1, 0.15) is 6.33 Å². The van der Waals surface area contributed by atoms with Gasteiger partial charge in [0.05, 0.1) is 11.0 Å². The van der Waals surface area contributed by atoms with Crippen molar-refractivity contribution >= 4 is 11.0 Å². The highest BCUT2D eigenvalue weighted by Gasteiger charge is 2.10. The zero-order valence-electron chi connectivity index (χ0n) is 13.7. The topological polar surface area (TPSA) is 72.3 Å². The van der Waals surface area contributed by atoms with Crippen LogP contribution in [0.1, 0.15) is 0 Å². The molecule has 124 valence electrons. The smallest absolute Gasteiger partial charge is 0.204 e. The third-order valence-electron chi connectivity index (χ3n) is 4.38. The standard InChI is InChI=1S/C20H14N6/c1-2-5-14(6-3-1)15-7-4-8-17(11-15)26-13-21-18-10-9-16(12-19(18)26)20-22-24-25-23-20/h1-13H,(H,22,23,24,25). The lowest BCUT2D eigenvalue weighted by molar-refractivity contribution is 0.881. The molecule has 6 nitrogen and oxygen atoms in total. The number of nitrogens with one attached hydrogen (secondary N) is 1. The van der Waals surface area contributed by atoms with Gasteiger partial charge >= 0.3 is 0 Å². The summed E-state index contributed by atoms with van der Waals surface area (Å²) in [5.41, 5.74) is 6.22. The van der Waals surface area contributed by atoms with Crippen molar-refractivity contribution in [3.8, 4) is 28.2 Å². The highest BCUT2D eigenvalue weighted by molar-refractivity contribution is 5.82. The van der Waals surface area contributed by atoms with E-state index in [1.165, 1.54) is 11.1 Å². The zero-order chi connectivity index (χ0) is 17.3. The van der Waals surface area contributed by atoms with E-state index in [-0.39, 0.29) is 0 Å². The minimum absolute atomic E-state index is 0.567. The second-order valence-electron chi connectivity index (χ2n) is 5.97. The van der Waals surface area contributed by atoms with Gasteiger partial charge in [0, 0.05) is 11.3 Å². The zero-order valence-corrected chi connectivity index (χ0v) is 13.7. The molecule has 0 spiro atoms. The highest BCUT2D eigenvalue weighted by atomic mass is 15.5. The Morgan fingerprint density at radius 3 is 2.50 bits per heavy atom. The molecule has 0 saturated heterocycles. The van der Waals surface area contributed by atoms with Crippen LogP contribution in [0.5, 0.6) is 0 Å². The monoisotopic (exact) mass is 338 g/mol. The Kier molecular flexibility index (Phi) is 3.31. The van der Waals surface area contributed by atoms with Gasteiger partial charge in [0.15, 0.2) is 0 Å². The molecule has 2 aromatic heterocycles. The Bertz CT molecular complexity index is 1180. The predicted molar refractivity (Wildman–Crippen MR) is 99.7 cm³/mol. The Labute approximate surface area is 149 Å². The van der Waals surface area contributed by atoms with Crippen molar-refractivity contribution < 1.29 is 0 Å². The summed E-state index contributed by atoms with van der Waals surface area (Å²) >= 11 is 0. The van der Waals surface area contributed by atoms with E-state index in [4.69, 9.17) is 0 Å². The first-order chi connectivity index (χ1) is 12.9. The van der Waals surface area contributed by atoms with Crippen LogP contribution >= 0.6 is 0 Å². The summed E-state index contributed by atoms with van der Waals surface area (Å²) < 4.78 is 2.07. The van der Waals surface area contributed by atoms with E-state index in [0.717, 1.165) is 22.3 Å². The molecule has 1 N–H and O–H groups in total. The molecule has 0 fully saturated rings. The molecular formula is C20H14N6. The highest BCUT2D eigenvalue weighted by Crippen LogP contribution is 2.26. The quantitative estimate of drug-likeness (QED) is 0.542. The van der Waals surface area contributed by atoms with Gasteiger partial charge < -0.3 is 0 Å². The van der Waals surface area contributed by atoms with E-state index in [1.54, 1.807) is 0 Å². The Hall–Kier alpha value is -3.80. The number of nitrogens with zero attached hydrogens (tertiary/aromatic N) is 5. The van der Waals surface area contributed by atoms with Crippen molar-refractivity contribution in [2.24, 2.45) is 0 Å². The van der Waals surface area contributed by atoms with Crippen LogP contribution < -0.4 is 0 Å². The molecule has 0 unspecified atom stereocenters. The van der Waals surface area contributed by atoms with Crippen molar-refractivity contribution in [1.82, 2.24) is 30.2 Å². The van der Waals surface area contributed by atoms with Crippen LogP contribution in [0.4, 0.5) is 0 Å². The maximum Gasteiger partial charge on any atom is 0.204 e. The van der Waals surface area contributed by atoms with Crippen LogP contribution in [-0.2, 0) is 0 Å². The lowest BCUT2D eigenvalue weighted by Crippen LogP contribution is -1.93. The predicted octanol–water partition coefficient (Wildman–Crippen LogP) is 3.87. The molecule has 0 saturated carbocycles. The van der Waals surface area contributed by atoms with Crippen molar-refractivity contribution in [2.75, 3.05) is 0 Å². The van der Waals surface area contributed by atoms with Gasteiger partial charge in [0.2, 0.25) is 5.82 Å². The Morgan fingerprint density at radius 1 is 0.769 bits per heavy atom. The second kappa shape index (κ2) is 5.93. The van der Waals surface area contributed by atoms with E-state index >= 15 is 0 Å². The molecule has 26 heavy (non-hydrogen) atoms. The first-order valence-electron chi connectivity index (χ1n) is 8.25. The molecule has 0 aliphatic heterocycles. The van der Waals surface area contributed by atoms with Crippen LogP contribution in [0.25, 0.3) is 39.2 Å². The molecule has 0 aliphatic carbocycles. The third-order valence-corrected chi connectivity index (χ3v) is 4.38. The minimum atomic E-state index is 0.567. The lowest BCUT2D eigenvalue weighted by atomic mass is 10.1. The van der Waals surface area contributed by atoms with E-state index in [2.05, 4.69) is 66.6 Å². The Morgan fingerprint density at radius 2 is 1.65 bits per heavy atom. The van der Waals surface area contributed by atoms with Gasteiger partial charge in [-0.1, -0.05) is 42.5 Å². The van der Waals surface area contributed by atoms with Gasteiger partial charge in [-0.25, -0.2) is 4.98 Å². The number of aromatic amines is 1. The molecule has 0 amide bonds. The van der Waals surface area contributed by atoms with E-state index in [0.29, 0.717) is 5.82 Å². The number of aromatic nitrogens is 6. The van der Waals surface area contributed by atoms with E-state index in [9.17, 15) is 0 Å². The average molecular weight is 338 g/mol. The molecule has 0 aliphatic rings. The van der Waals surface area contributed by atoms with Crippen LogP contribution in [0.15, 0.2) is 79.1 Å². The maximum atomic E-state index is 4.52. The van der Waals surface area contributed by atoms with Crippen molar-refractivity contribution in [1.29, 1.82) is 0 Å². The summed E-state index contributed by atoms with van der Waals surface area (Å²) in [7, 11) is 0. The average Bonchev–Trinajstić information content (AvgIpc) is 3.38. The SMILES string of the molecule is c1ccc(-c2cccc(-n3cnc4ccc(-c5nn[nH]n5)cc43)c2)cc1. The van der Waals surface area contributed by atoms with Crippen LogP contribution in [0, 0.1) is 0 Å². The van der Waals surface area contributed by atoms with Gasteiger partial charge in [0.25, 0.3) is 0 Å². The number of hydrogen-bond donors (Lipinski definition) is 1. The molecule has 0 bridgehead atoms. The summed E-state index contributed by atoms with van der Waals surface area (Å²) in [5, 5.41) is 14.2. The molecule has 3 aromatic carbocycles. The Balaban J connectivity index is 1.64. The molecule has 6 heteroatoms. The number of benzene rings is 3. The van der Waals surface area contributed by atoms with Crippen molar-refractivity contribution in [2.45, 2.75) is 0 Å². The lowest BCUT2D eigenvalue weighted by Gasteiger charge is -2.08. The minimum Gasteiger partial charge on any atom is -0.299 e. The number of fused-ring (bicyclic) bond motifs is 1. The van der Waals surface area contributed by atoms with Crippen molar-refractivity contribution in [3.63, 3.8) is 0 Å². The fraction of sp³-hybridized carbons (Fsp3) is 0. The number of hydrogen-bond acceptors (Lipinski definition) is 4. The molecular weight excluding hydrogens is 324 g/mol. The molecule has 2 heterocycles. The first kappa shape index (κ1) is 14.5. The normalized spacial score (nSPS) is 11.1. The molecule has 5 aromatic rings. The number of H-pyrrole nitrogens is 1. The fourth-order valence-electron chi connectivity index (χ4n) is 3.10. The summed E-state index contributed by atoms with van der Waals surface area (Å²) in [5.74, 6) is 0.567. The summed E-state index contributed by atoms with van der Waals surface area (Å²) in [4.78, 5) is 4.52. The molecule has 5 rings (SSSR count). The van der Waals surface area contributed by atoms with Crippen LogP contribution in [0.2, 0.25) is 0 Å². The molecule has 0 radical (unpaired) electrons. The number of tetrazole rings is 1. The summed E-state index contributed by atoms with van der Waals surface area (Å²) in [6, 6.07) is 24.7. The molecule has 0 atom stereocenters. The van der Waals surface area contributed by atoms with Gasteiger partial charge in [-0.15, -0.1) is 10.2 Å². The van der Waals surface area contributed by atoms with Gasteiger partial charge in [-0.05, 0) is 46.7 Å². The number of imidazole rings is 1.